The molecular formula is C28H34FN3O3S2. The first-order chi connectivity index (χ1) is 17.8. The highest BCUT2D eigenvalue weighted by molar-refractivity contribution is 7.80. The molecule has 2 aromatic heterocycles. The molecule has 3 saturated carbocycles. The van der Waals surface area contributed by atoms with Gasteiger partial charge in [0.05, 0.1) is 11.5 Å². The van der Waals surface area contributed by atoms with Crippen LogP contribution in [-0.2, 0) is 37.5 Å². The first kappa shape index (κ1) is 25.2. The quantitative estimate of drug-likeness (QED) is 0.392. The smallest absolute Gasteiger partial charge is 0.252 e. The van der Waals surface area contributed by atoms with E-state index < -0.39 is 12.1 Å². The number of ketones is 1. The van der Waals surface area contributed by atoms with Crippen LogP contribution in [0.5, 0.6) is 5.88 Å². The van der Waals surface area contributed by atoms with Gasteiger partial charge in [0.1, 0.15) is 18.1 Å². The van der Waals surface area contributed by atoms with Crippen molar-refractivity contribution >= 4 is 40.1 Å². The van der Waals surface area contributed by atoms with Crippen LogP contribution in [0.2, 0.25) is 0 Å². The number of amides is 1. The van der Waals surface area contributed by atoms with Gasteiger partial charge in [-0.2, -0.15) is 0 Å². The van der Waals surface area contributed by atoms with Gasteiger partial charge in [-0.25, -0.2) is 4.39 Å². The number of hydrogen-bond donors (Lipinski definition) is 1. The summed E-state index contributed by atoms with van der Waals surface area (Å²) >= 11 is 7.41. The Labute approximate surface area is 226 Å². The molecule has 2 aromatic rings. The van der Waals surface area contributed by atoms with Crippen molar-refractivity contribution in [3.05, 3.63) is 32.6 Å². The van der Waals surface area contributed by atoms with Crippen molar-refractivity contribution in [1.82, 2.24) is 15.1 Å². The van der Waals surface area contributed by atoms with E-state index in [1.54, 1.807) is 11.3 Å². The second-order valence-corrected chi connectivity index (χ2v) is 13.2. The highest BCUT2D eigenvalue weighted by Gasteiger charge is 2.44. The van der Waals surface area contributed by atoms with Crippen molar-refractivity contribution in [3.8, 4) is 5.88 Å². The molecule has 4 aliphatic rings. The first-order valence-electron chi connectivity index (χ1n) is 13.6. The number of halogens is 1. The van der Waals surface area contributed by atoms with Gasteiger partial charge in [0.2, 0.25) is 5.88 Å². The van der Waals surface area contributed by atoms with Crippen molar-refractivity contribution in [2.45, 2.75) is 82.9 Å². The Morgan fingerprint density at radius 1 is 1.22 bits per heavy atom. The fraction of sp³-hybridized carbons (Fsp3) is 0.643. The van der Waals surface area contributed by atoms with Crippen LogP contribution in [-0.4, -0.2) is 45.2 Å². The van der Waals surface area contributed by atoms with Crippen LogP contribution in [0.1, 0.15) is 76.3 Å². The van der Waals surface area contributed by atoms with Gasteiger partial charge in [0.15, 0.2) is 0 Å². The lowest BCUT2D eigenvalue weighted by molar-refractivity contribution is -0.119. The maximum absolute atomic E-state index is 13.5. The largest absolute Gasteiger partial charge is 0.473 e. The van der Waals surface area contributed by atoms with Crippen LogP contribution in [0, 0.1) is 17.8 Å². The number of carbonyl (C=O) groups is 2. The van der Waals surface area contributed by atoms with Crippen LogP contribution >= 0.6 is 23.6 Å². The molecule has 9 heteroatoms. The summed E-state index contributed by atoms with van der Waals surface area (Å²) in [6.07, 6.45) is 8.54. The Hall–Kier alpha value is -2.13. The topological polar surface area (TPSA) is 73.2 Å². The average Bonchev–Trinajstić information content (AvgIpc) is 3.76. The molecule has 0 aromatic carbocycles. The van der Waals surface area contributed by atoms with Crippen LogP contribution < -0.4 is 10.1 Å². The molecule has 37 heavy (non-hydrogen) atoms. The van der Waals surface area contributed by atoms with E-state index in [0.717, 1.165) is 72.4 Å². The van der Waals surface area contributed by atoms with E-state index in [4.69, 9.17) is 17.0 Å². The van der Waals surface area contributed by atoms with Gasteiger partial charge < -0.3 is 10.1 Å². The minimum Gasteiger partial charge on any atom is -0.473 e. The van der Waals surface area contributed by atoms with E-state index in [9.17, 15) is 14.0 Å². The predicted molar refractivity (Wildman–Crippen MR) is 144 cm³/mol. The second-order valence-electron chi connectivity index (χ2n) is 11.4. The summed E-state index contributed by atoms with van der Waals surface area (Å²) < 4.78 is 21.2. The first-order valence-corrected chi connectivity index (χ1v) is 14.9. The van der Waals surface area contributed by atoms with Crippen LogP contribution in [0.4, 0.5) is 4.39 Å². The highest BCUT2D eigenvalue weighted by Crippen LogP contribution is 2.41. The molecule has 0 aliphatic heterocycles. The van der Waals surface area contributed by atoms with Gasteiger partial charge in [-0.15, -0.1) is 16.4 Å². The van der Waals surface area contributed by atoms with Crippen molar-refractivity contribution in [2.75, 3.05) is 6.54 Å². The van der Waals surface area contributed by atoms with Gasteiger partial charge in [0, 0.05) is 47.9 Å². The van der Waals surface area contributed by atoms with E-state index >= 15 is 0 Å². The summed E-state index contributed by atoms with van der Waals surface area (Å²) in [5.74, 6) is 1.01. The zero-order valence-corrected chi connectivity index (χ0v) is 22.9. The second kappa shape index (κ2) is 10.2. The minimum atomic E-state index is -1.00. The van der Waals surface area contributed by atoms with Gasteiger partial charge >= 0.3 is 0 Å². The summed E-state index contributed by atoms with van der Waals surface area (Å²) in [7, 11) is 1.93. The number of alkyl halides is 1. The van der Waals surface area contributed by atoms with Crippen molar-refractivity contribution < 1.29 is 18.7 Å². The predicted octanol–water partition coefficient (Wildman–Crippen LogP) is 4.74. The number of carbonyl (C=O) groups excluding carboxylic acids is 2. The van der Waals surface area contributed by atoms with Crippen molar-refractivity contribution in [2.24, 2.45) is 24.8 Å². The molecular weight excluding hydrogens is 509 g/mol. The summed E-state index contributed by atoms with van der Waals surface area (Å²) in [6.45, 7) is 0.691. The van der Waals surface area contributed by atoms with Crippen LogP contribution in [0.15, 0.2) is 6.07 Å². The van der Waals surface area contributed by atoms with Gasteiger partial charge in [-0.1, -0.05) is 12.2 Å². The number of thiocarbonyl (C=S) groups is 1. The summed E-state index contributed by atoms with van der Waals surface area (Å²) in [5, 5.41) is 7.59. The lowest BCUT2D eigenvalue weighted by Crippen LogP contribution is -2.28. The van der Waals surface area contributed by atoms with Gasteiger partial charge in [-0.3, -0.25) is 14.3 Å². The Morgan fingerprint density at radius 2 is 2.00 bits per heavy atom. The maximum Gasteiger partial charge on any atom is 0.252 e. The zero-order chi connectivity index (χ0) is 25.7. The third-order valence-electron chi connectivity index (χ3n) is 8.03. The van der Waals surface area contributed by atoms with E-state index in [-0.39, 0.29) is 18.1 Å². The Morgan fingerprint density at radius 3 is 2.70 bits per heavy atom. The fourth-order valence-corrected chi connectivity index (χ4v) is 7.10. The monoisotopic (exact) mass is 543 g/mol. The number of ether oxygens (including phenoxy) is 1. The molecule has 0 unspecified atom stereocenters. The molecule has 0 bridgehead atoms. The molecule has 4 aliphatic carbocycles. The third kappa shape index (κ3) is 5.98. The number of nitrogens with one attached hydrogen (secondary N) is 1. The van der Waals surface area contributed by atoms with E-state index in [1.807, 2.05) is 17.8 Å². The average molecular weight is 544 g/mol. The number of aryl methyl sites for hydroxylation is 2. The molecule has 1 N–H and O–H groups in total. The SMILES string of the molecule is Cn1nc(OC2CC2)cc1CC(=S)C[C@H]1CCc2sc(CC(=O)[C@H]3C[C@@H]3F)c(C(=O)NCC3CC3)c2C1. The number of rotatable bonds is 12. The molecule has 0 radical (unpaired) electrons. The van der Waals surface area contributed by atoms with E-state index in [1.165, 1.54) is 4.88 Å². The number of nitrogens with zero attached hydrogens (tertiary/aromatic N) is 2. The number of hydrogen-bond acceptors (Lipinski definition) is 6. The number of aromatic nitrogens is 2. The lowest BCUT2D eigenvalue weighted by atomic mass is 9.82. The normalized spacial score (nSPS) is 24.4. The third-order valence-corrected chi connectivity index (χ3v) is 9.64. The van der Waals surface area contributed by atoms with Crippen LogP contribution in [0.3, 0.4) is 0 Å². The maximum atomic E-state index is 13.5. The van der Waals surface area contributed by atoms with E-state index in [2.05, 4.69) is 10.4 Å². The van der Waals surface area contributed by atoms with Crippen LogP contribution in [0.25, 0.3) is 0 Å². The Kier molecular flexibility index (Phi) is 6.94. The standard InChI is InChI=1S/C28H34FN3O3S2/c1-32-17(11-26(31-32)35-18-5-6-18)10-19(36)8-16-4-7-24-21(9-16)27(28(34)30-14-15-2-3-15)25(37-24)13-23(33)20-12-22(20)29/h11,15-16,18,20,22H,2-10,12-14H2,1H3,(H,30,34)/t16-,20+,22+/m1/s1. The summed E-state index contributed by atoms with van der Waals surface area (Å²) in [6, 6.07) is 2.00. The fourth-order valence-electron chi connectivity index (χ4n) is 5.36. The molecule has 2 heterocycles. The molecule has 3 fully saturated rings. The highest BCUT2D eigenvalue weighted by atomic mass is 32.1. The lowest BCUT2D eigenvalue weighted by Gasteiger charge is -2.23. The van der Waals surface area contributed by atoms with Crippen molar-refractivity contribution in [1.29, 1.82) is 0 Å². The Bertz CT molecular complexity index is 1230. The number of Topliss-reactive ketones (excluding diaryl/α,β-unsaturated/α-hetero) is 1. The molecule has 6 nitrogen and oxygen atoms in total. The number of thiophene rings is 1. The zero-order valence-electron chi connectivity index (χ0n) is 21.3. The van der Waals surface area contributed by atoms with Crippen molar-refractivity contribution in [3.63, 3.8) is 0 Å². The molecule has 198 valence electrons. The summed E-state index contributed by atoms with van der Waals surface area (Å²) in [4.78, 5) is 29.0. The minimum absolute atomic E-state index is 0.0683. The van der Waals surface area contributed by atoms with Gasteiger partial charge in [0.25, 0.3) is 5.91 Å². The summed E-state index contributed by atoms with van der Waals surface area (Å²) in [5.41, 5.74) is 2.84. The number of fused-ring (bicyclic) bond motifs is 1. The molecule has 1 amide bonds. The molecule has 0 saturated heterocycles. The molecule has 0 spiro atoms. The molecule has 6 rings (SSSR count). The van der Waals surface area contributed by atoms with E-state index in [0.29, 0.717) is 48.8 Å². The van der Waals surface area contributed by atoms with Gasteiger partial charge in [-0.05, 0) is 80.1 Å². The Balaban J connectivity index is 1.14. The molecule has 3 atom stereocenters.